The topological polar surface area (TPSA) is 24.1 Å². The highest BCUT2D eigenvalue weighted by molar-refractivity contribution is 7.80. The van der Waals surface area contributed by atoms with E-state index in [-0.39, 0.29) is 16.9 Å². The summed E-state index contributed by atoms with van der Waals surface area (Å²) >= 11 is 4.74. The SMILES string of the molecule is Fc1cccc(NC(=S)Nc2c(F)c(F)cc(F)c2F)c1. The molecule has 0 aromatic heterocycles. The van der Waals surface area contributed by atoms with Crippen molar-refractivity contribution in [3.8, 4) is 0 Å². The molecule has 21 heavy (non-hydrogen) atoms. The maximum absolute atomic E-state index is 13.4. The highest BCUT2D eigenvalue weighted by Crippen LogP contribution is 2.24. The van der Waals surface area contributed by atoms with Gasteiger partial charge in [-0.05, 0) is 30.4 Å². The largest absolute Gasteiger partial charge is 0.332 e. The summed E-state index contributed by atoms with van der Waals surface area (Å²) in [5.74, 6) is -6.92. The molecule has 2 nitrogen and oxygen atoms in total. The van der Waals surface area contributed by atoms with Gasteiger partial charge in [-0.15, -0.1) is 0 Å². The molecule has 0 aliphatic carbocycles. The maximum Gasteiger partial charge on any atom is 0.185 e. The standard InChI is InChI=1S/C13H7F5N2S/c14-6-2-1-3-7(4-6)19-13(21)20-12-10(17)8(15)5-9(16)11(12)18/h1-5H,(H2,19,20,21). The van der Waals surface area contributed by atoms with Crippen LogP contribution in [0.4, 0.5) is 33.3 Å². The molecule has 2 N–H and O–H groups in total. The Morgan fingerprint density at radius 1 is 0.857 bits per heavy atom. The number of anilines is 2. The molecule has 0 saturated heterocycles. The molecule has 8 heteroatoms. The average Bonchev–Trinajstić information content (AvgIpc) is 2.41. The van der Waals surface area contributed by atoms with E-state index in [1.807, 2.05) is 5.32 Å². The van der Waals surface area contributed by atoms with Crippen LogP contribution in [0.3, 0.4) is 0 Å². The zero-order valence-electron chi connectivity index (χ0n) is 10.2. The number of nitrogens with one attached hydrogen (secondary N) is 2. The average molecular weight is 318 g/mol. The normalized spacial score (nSPS) is 10.3. The van der Waals surface area contributed by atoms with Gasteiger partial charge in [-0.3, -0.25) is 0 Å². The lowest BCUT2D eigenvalue weighted by molar-refractivity contribution is 0.459. The predicted octanol–water partition coefficient (Wildman–Crippen LogP) is 4.19. The van der Waals surface area contributed by atoms with Crippen LogP contribution in [-0.2, 0) is 0 Å². The Morgan fingerprint density at radius 2 is 1.48 bits per heavy atom. The van der Waals surface area contributed by atoms with Gasteiger partial charge in [0.05, 0.1) is 0 Å². The third-order valence-corrected chi connectivity index (χ3v) is 2.64. The van der Waals surface area contributed by atoms with E-state index in [0.717, 1.165) is 6.07 Å². The second-order valence-corrected chi connectivity index (χ2v) is 4.34. The van der Waals surface area contributed by atoms with Gasteiger partial charge in [-0.25, -0.2) is 22.0 Å². The van der Waals surface area contributed by atoms with Crippen molar-refractivity contribution < 1.29 is 22.0 Å². The van der Waals surface area contributed by atoms with Gasteiger partial charge in [-0.2, -0.15) is 0 Å². The predicted molar refractivity (Wildman–Crippen MR) is 72.5 cm³/mol. The smallest absolute Gasteiger partial charge is 0.185 e. The first kappa shape index (κ1) is 15.2. The molecule has 0 saturated carbocycles. The molecule has 2 aromatic carbocycles. The molecule has 110 valence electrons. The highest BCUT2D eigenvalue weighted by atomic mass is 32.1. The van der Waals surface area contributed by atoms with Crippen molar-refractivity contribution in [1.82, 2.24) is 0 Å². The van der Waals surface area contributed by atoms with Crippen molar-refractivity contribution >= 4 is 28.7 Å². The molecule has 0 spiro atoms. The van der Waals surface area contributed by atoms with Crippen LogP contribution in [0.5, 0.6) is 0 Å². The lowest BCUT2D eigenvalue weighted by atomic mass is 10.2. The van der Waals surface area contributed by atoms with Gasteiger partial charge in [-0.1, -0.05) is 6.07 Å². The van der Waals surface area contributed by atoms with Gasteiger partial charge >= 0.3 is 0 Å². The van der Waals surface area contributed by atoms with Gasteiger partial charge in [0.25, 0.3) is 0 Å². The summed E-state index contributed by atoms with van der Waals surface area (Å²) in [6.45, 7) is 0. The number of thiocarbonyl (C=S) groups is 1. The fourth-order valence-corrected chi connectivity index (χ4v) is 1.74. The first-order chi connectivity index (χ1) is 9.88. The molecule has 0 atom stereocenters. The van der Waals surface area contributed by atoms with Crippen molar-refractivity contribution in [3.05, 3.63) is 59.4 Å². The van der Waals surface area contributed by atoms with E-state index in [1.54, 1.807) is 0 Å². The maximum atomic E-state index is 13.4. The summed E-state index contributed by atoms with van der Waals surface area (Å²) in [5, 5.41) is 4.06. The second-order valence-electron chi connectivity index (χ2n) is 3.93. The van der Waals surface area contributed by atoms with Crippen molar-refractivity contribution in [2.45, 2.75) is 0 Å². The zero-order chi connectivity index (χ0) is 15.6. The van der Waals surface area contributed by atoms with E-state index in [4.69, 9.17) is 12.2 Å². The summed E-state index contributed by atoms with van der Waals surface area (Å²) in [6.07, 6.45) is 0. The molecule has 0 fully saturated rings. The summed E-state index contributed by atoms with van der Waals surface area (Å²) in [5.41, 5.74) is -0.869. The Hall–Kier alpha value is -2.22. The van der Waals surface area contributed by atoms with Crippen molar-refractivity contribution in [2.24, 2.45) is 0 Å². The van der Waals surface area contributed by atoms with E-state index >= 15 is 0 Å². The van der Waals surface area contributed by atoms with Gasteiger partial charge in [0.1, 0.15) is 11.5 Å². The Bertz CT molecular complexity index is 679. The molecule has 0 radical (unpaired) electrons. The van der Waals surface area contributed by atoms with E-state index < -0.39 is 34.8 Å². The van der Waals surface area contributed by atoms with Crippen LogP contribution in [-0.4, -0.2) is 5.11 Å². The summed E-state index contributed by atoms with van der Waals surface area (Å²) < 4.78 is 65.8. The first-order valence-electron chi connectivity index (χ1n) is 5.55. The molecule has 0 bridgehead atoms. The monoisotopic (exact) mass is 318 g/mol. The number of hydrogen-bond acceptors (Lipinski definition) is 1. The lowest BCUT2D eigenvalue weighted by Crippen LogP contribution is -2.21. The molecular formula is C13H7F5N2S. The van der Waals surface area contributed by atoms with E-state index in [2.05, 4.69) is 5.32 Å². The Morgan fingerprint density at radius 3 is 2.05 bits per heavy atom. The van der Waals surface area contributed by atoms with Gasteiger partial charge < -0.3 is 10.6 Å². The third-order valence-electron chi connectivity index (χ3n) is 2.43. The van der Waals surface area contributed by atoms with Crippen molar-refractivity contribution in [1.29, 1.82) is 0 Å². The first-order valence-corrected chi connectivity index (χ1v) is 5.96. The highest BCUT2D eigenvalue weighted by Gasteiger charge is 2.19. The molecular weight excluding hydrogens is 311 g/mol. The van der Waals surface area contributed by atoms with Crippen LogP contribution in [0.15, 0.2) is 30.3 Å². The fraction of sp³-hybridized carbons (Fsp3) is 0. The Balaban J connectivity index is 2.21. The Labute approximate surface area is 121 Å². The second kappa shape index (κ2) is 6.04. The third kappa shape index (κ3) is 3.46. The summed E-state index contributed by atoms with van der Waals surface area (Å²) in [7, 11) is 0. The number of hydrogen-bond donors (Lipinski definition) is 2. The van der Waals surface area contributed by atoms with E-state index in [9.17, 15) is 22.0 Å². The quantitative estimate of drug-likeness (QED) is 0.493. The van der Waals surface area contributed by atoms with Crippen LogP contribution in [0, 0.1) is 29.1 Å². The molecule has 0 aliphatic rings. The summed E-state index contributed by atoms with van der Waals surface area (Å²) in [4.78, 5) is 0. The minimum atomic E-state index is -1.61. The molecule has 0 heterocycles. The van der Waals surface area contributed by atoms with E-state index in [0.29, 0.717) is 0 Å². The van der Waals surface area contributed by atoms with Crippen LogP contribution < -0.4 is 10.6 Å². The minimum Gasteiger partial charge on any atom is -0.332 e. The number of halogens is 5. The Kier molecular flexibility index (Phi) is 4.37. The van der Waals surface area contributed by atoms with Crippen LogP contribution in [0.1, 0.15) is 0 Å². The van der Waals surface area contributed by atoms with Gasteiger partial charge in [0.2, 0.25) is 0 Å². The minimum absolute atomic E-state index is 0.0822. The van der Waals surface area contributed by atoms with Gasteiger partial charge in [0.15, 0.2) is 28.4 Å². The van der Waals surface area contributed by atoms with Crippen molar-refractivity contribution in [2.75, 3.05) is 10.6 Å². The van der Waals surface area contributed by atoms with E-state index in [1.165, 1.54) is 18.2 Å². The zero-order valence-corrected chi connectivity index (χ0v) is 11.0. The van der Waals surface area contributed by atoms with Gasteiger partial charge in [0, 0.05) is 11.8 Å². The number of benzene rings is 2. The molecule has 0 unspecified atom stereocenters. The molecule has 2 rings (SSSR count). The fourth-order valence-electron chi connectivity index (χ4n) is 1.53. The van der Waals surface area contributed by atoms with Crippen molar-refractivity contribution in [3.63, 3.8) is 0 Å². The molecule has 0 aliphatic heterocycles. The van der Waals surface area contributed by atoms with Crippen LogP contribution in [0.2, 0.25) is 0 Å². The molecule has 2 aromatic rings. The molecule has 0 amide bonds. The van der Waals surface area contributed by atoms with Crippen LogP contribution >= 0.6 is 12.2 Å². The van der Waals surface area contributed by atoms with Crippen LogP contribution in [0.25, 0.3) is 0 Å². The lowest BCUT2D eigenvalue weighted by Gasteiger charge is -2.12. The number of rotatable bonds is 2. The summed E-state index contributed by atoms with van der Waals surface area (Å²) in [6, 6.07) is 5.16.